The largest absolute Gasteiger partial charge is 0.508 e. The Kier molecular flexibility index (Phi) is 3.39. The van der Waals surface area contributed by atoms with E-state index in [1.807, 2.05) is 26.0 Å². The number of rotatable bonds is 3. The molecule has 0 amide bonds. The van der Waals surface area contributed by atoms with Crippen LogP contribution < -0.4 is 5.73 Å². The van der Waals surface area contributed by atoms with Crippen molar-refractivity contribution in [2.45, 2.75) is 20.3 Å². The highest BCUT2D eigenvalue weighted by Gasteiger charge is 2.18. The Morgan fingerprint density at radius 1 is 1.24 bits per heavy atom. The number of nitrogens with two attached hydrogens (primary N) is 1. The van der Waals surface area contributed by atoms with Crippen LogP contribution in [0, 0.1) is 13.8 Å². The zero-order valence-electron chi connectivity index (χ0n) is 11.8. The Balaban J connectivity index is 1.88. The fourth-order valence-corrected chi connectivity index (χ4v) is 3.07. The molecule has 0 aliphatic heterocycles. The summed E-state index contributed by atoms with van der Waals surface area (Å²) in [5.41, 5.74) is 8.94. The van der Waals surface area contributed by atoms with Crippen molar-refractivity contribution >= 4 is 16.3 Å². The fraction of sp³-hybridized carbons (Fsp3) is 0.200. The smallest absolute Gasteiger partial charge is 0.261 e. The van der Waals surface area contributed by atoms with Crippen LogP contribution in [0.25, 0.3) is 11.5 Å². The molecule has 21 heavy (non-hydrogen) atoms. The number of anilines is 1. The lowest BCUT2D eigenvalue weighted by molar-refractivity contribution is 0.424. The molecule has 3 rings (SSSR count). The molecular formula is C15H15N3O2S. The number of aromatic hydroxyl groups is 1. The average Bonchev–Trinajstić information content (AvgIpc) is 2.98. The van der Waals surface area contributed by atoms with E-state index in [-0.39, 0.29) is 5.75 Å². The molecule has 0 fully saturated rings. The van der Waals surface area contributed by atoms with Crippen molar-refractivity contribution in [2.24, 2.45) is 0 Å². The SMILES string of the molecule is Cc1sc(N)c(-c2nc(Cc3ccc(O)cc3)no2)c1C. The monoisotopic (exact) mass is 301 g/mol. The van der Waals surface area contributed by atoms with Gasteiger partial charge < -0.3 is 15.4 Å². The Bertz CT molecular complexity index is 775. The van der Waals surface area contributed by atoms with E-state index in [0.717, 1.165) is 21.6 Å². The van der Waals surface area contributed by atoms with E-state index in [1.54, 1.807) is 12.1 Å². The number of aryl methyl sites for hydroxylation is 1. The highest BCUT2D eigenvalue weighted by Crippen LogP contribution is 2.37. The predicted molar refractivity (Wildman–Crippen MR) is 82.4 cm³/mol. The van der Waals surface area contributed by atoms with Crippen LogP contribution in [0.3, 0.4) is 0 Å². The molecule has 0 saturated carbocycles. The van der Waals surface area contributed by atoms with Gasteiger partial charge in [-0.05, 0) is 37.1 Å². The number of benzene rings is 1. The second-order valence-corrected chi connectivity index (χ2v) is 6.14. The molecule has 108 valence electrons. The number of thiophene rings is 1. The van der Waals surface area contributed by atoms with E-state index < -0.39 is 0 Å². The molecule has 0 aliphatic rings. The van der Waals surface area contributed by atoms with Gasteiger partial charge in [0.1, 0.15) is 5.75 Å². The van der Waals surface area contributed by atoms with E-state index in [1.165, 1.54) is 11.3 Å². The summed E-state index contributed by atoms with van der Waals surface area (Å²) in [5, 5.41) is 14.0. The molecule has 2 aromatic heterocycles. The molecule has 0 saturated heterocycles. The quantitative estimate of drug-likeness (QED) is 0.775. The van der Waals surface area contributed by atoms with Gasteiger partial charge in [0, 0.05) is 11.3 Å². The molecular weight excluding hydrogens is 286 g/mol. The normalized spacial score (nSPS) is 11.0. The summed E-state index contributed by atoms with van der Waals surface area (Å²) in [7, 11) is 0. The summed E-state index contributed by atoms with van der Waals surface area (Å²) in [6.45, 7) is 4.02. The number of aromatic nitrogens is 2. The summed E-state index contributed by atoms with van der Waals surface area (Å²) in [6, 6.07) is 6.95. The van der Waals surface area contributed by atoms with Gasteiger partial charge in [0.05, 0.1) is 10.6 Å². The third kappa shape index (κ3) is 2.62. The molecule has 0 bridgehead atoms. The van der Waals surface area contributed by atoms with Gasteiger partial charge in [-0.1, -0.05) is 17.3 Å². The Morgan fingerprint density at radius 2 is 1.95 bits per heavy atom. The van der Waals surface area contributed by atoms with E-state index in [4.69, 9.17) is 10.3 Å². The van der Waals surface area contributed by atoms with Gasteiger partial charge in [0.2, 0.25) is 0 Å². The topological polar surface area (TPSA) is 85.2 Å². The molecule has 0 unspecified atom stereocenters. The molecule has 3 N–H and O–H groups in total. The number of hydrogen-bond acceptors (Lipinski definition) is 6. The lowest BCUT2D eigenvalue weighted by atomic mass is 10.1. The van der Waals surface area contributed by atoms with Crippen LogP contribution >= 0.6 is 11.3 Å². The van der Waals surface area contributed by atoms with E-state index in [9.17, 15) is 5.11 Å². The standard InChI is InChI=1S/C15H15N3O2S/c1-8-9(2)21-14(16)13(8)15-17-12(18-20-15)7-10-3-5-11(19)6-4-10/h3-6,19H,7,16H2,1-2H3. The first-order valence-corrected chi connectivity index (χ1v) is 7.32. The van der Waals surface area contributed by atoms with Gasteiger partial charge in [0.25, 0.3) is 5.89 Å². The maximum atomic E-state index is 9.28. The van der Waals surface area contributed by atoms with Gasteiger partial charge in [-0.25, -0.2) is 0 Å². The molecule has 5 nitrogen and oxygen atoms in total. The first-order chi connectivity index (χ1) is 10.0. The van der Waals surface area contributed by atoms with Crippen molar-refractivity contribution in [3.63, 3.8) is 0 Å². The fourth-order valence-electron chi connectivity index (χ4n) is 2.14. The number of phenols is 1. The van der Waals surface area contributed by atoms with Crippen molar-refractivity contribution < 1.29 is 9.63 Å². The Labute approximate surface area is 126 Å². The van der Waals surface area contributed by atoms with Gasteiger partial charge in [-0.15, -0.1) is 11.3 Å². The van der Waals surface area contributed by atoms with Crippen molar-refractivity contribution in [1.29, 1.82) is 0 Å². The molecule has 0 radical (unpaired) electrons. The average molecular weight is 301 g/mol. The molecule has 0 aliphatic carbocycles. The van der Waals surface area contributed by atoms with Crippen LogP contribution in [0.2, 0.25) is 0 Å². The van der Waals surface area contributed by atoms with Gasteiger partial charge in [0.15, 0.2) is 5.82 Å². The number of nitrogen functional groups attached to an aromatic ring is 1. The minimum absolute atomic E-state index is 0.240. The summed E-state index contributed by atoms with van der Waals surface area (Å²) < 4.78 is 5.34. The van der Waals surface area contributed by atoms with Crippen molar-refractivity contribution in [3.05, 3.63) is 46.1 Å². The minimum atomic E-state index is 0.240. The molecule has 3 aromatic rings. The van der Waals surface area contributed by atoms with Crippen LogP contribution in [0.5, 0.6) is 5.75 Å². The van der Waals surface area contributed by atoms with Crippen molar-refractivity contribution in [1.82, 2.24) is 10.1 Å². The molecule has 2 heterocycles. The molecule has 6 heteroatoms. The lowest BCUT2D eigenvalue weighted by Crippen LogP contribution is -1.91. The first-order valence-electron chi connectivity index (χ1n) is 6.51. The third-order valence-electron chi connectivity index (χ3n) is 3.39. The van der Waals surface area contributed by atoms with Crippen LogP contribution in [-0.4, -0.2) is 15.2 Å². The van der Waals surface area contributed by atoms with E-state index in [0.29, 0.717) is 23.1 Å². The van der Waals surface area contributed by atoms with Crippen LogP contribution in [0.4, 0.5) is 5.00 Å². The molecule has 1 aromatic carbocycles. The first kappa shape index (κ1) is 13.6. The van der Waals surface area contributed by atoms with Crippen LogP contribution in [-0.2, 0) is 6.42 Å². The zero-order chi connectivity index (χ0) is 15.0. The number of hydrogen-bond donors (Lipinski definition) is 2. The number of nitrogens with zero attached hydrogens (tertiary/aromatic N) is 2. The predicted octanol–water partition coefficient (Wildman–Crippen LogP) is 3.29. The number of phenolic OH excluding ortho intramolecular Hbond substituents is 1. The molecule has 0 atom stereocenters. The van der Waals surface area contributed by atoms with E-state index in [2.05, 4.69) is 10.1 Å². The molecule has 0 spiro atoms. The highest BCUT2D eigenvalue weighted by atomic mass is 32.1. The van der Waals surface area contributed by atoms with Gasteiger partial charge in [-0.2, -0.15) is 4.98 Å². The maximum absolute atomic E-state index is 9.28. The minimum Gasteiger partial charge on any atom is -0.508 e. The van der Waals surface area contributed by atoms with Crippen molar-refractivity contribution in [3.8, 4) is 17.2 Å². The zero-order valence-corrected chi connectivity index (χ0v) is 12.6. The summed E-state index contributed by atoms with van der Waals surface area (Å²) in [4.78, 5) is 5.57. The van der Waals surface area contributed by atoms with Crippen LogP contribution in [0.15, 0.2) is 28.8 Å². The summed E-state index contributed by atoms with van der Waals surface area (Å²) >= 11 is 1.53. The maximum Gasteiger partial charge on any atom is 0.261 e. The van der Waals surface area contributed by atoms with Crippen molar-refractivity contribution in [2.75, 3.05) is 5.73 Å². The van der Waals surface area contributed by atoms with Gasteiger partial charge in [-0.3, -0.25) is 0 Å². The lowest BCUT2D eigenvalue weighted by Gasteiger charge is -1.97. The second kappa shape index (κ2) is 5.21. The van der Waals surface area contributed by atoms with E-state index >= 15 is 0 Å². The summed E-state index contributed by atoms with van der Waals surface area (Å²) in [5.74, 6) is 1.30. The highest BCUT2D eigenvalue weighted by molar-refractivity contribution is 7.16. The Morgan fingerprint density at radius 3 is 2.57 bits per heavy atom. The third-order valence-corrected chi connectivity index (χ3v) is 4.43. The summed E-state index contributed by atoms with van der Waals surface area (Å²) in [6.07, 6.45) is 0.547. The van der Waals surface area contributed by atoms with Gasteiger partial charge >= 0.3 is 0 Å². The van der Waals surface area contributed by atoms with Crippen LogP contribution in [0.1, 0.15) is 21.8 Å². The Hall–Kier alpha value is -2.34. The second-order valence-electron chi connectivity index (χ2n) is 4.88.